The number of rotatable bonds is 7. The lowest BCUT2D eigenvalue weighted by Gasteiger charge is -2.21. The average molecular weight is 412 g/mol. The third-order valence-electron chi connectivity index (χ3n) is 5.74. The molecule has 1 unspecified atom stereocenters. The molecule has 0 aromatic heterocycles. The van der Waals surface area contributed by atoms with Crippen LogP contribution in [0.25, 0.3) is 0 Å². The summed E-state index contributed by atoms with van der Waals surface area (Å²) in [5.74, 6) is -2.35. The maximum Gasteiger partial charge on any atom is 0.338 e. The van der Waals surface area contributed by atoms with Gasteiger partial charge in [-0.15, -0.1) is 0 Å². The van der Waals surface area contributed by atoms with Crippen molar-refractivity contribution in [3.05, 3.63) is 71.8 Å². The van der Waals surface area contributed by atoms with Crippen molar-refractivity contribution in [1.82, 2.24) is 0 Å². The molecule has 0 bridgehead atoms. The molecule has 7 heteroatoms. The Morgan fingerprint density at radius 2 is 1.37 bits per heavy atom. The first-order chi connectivity index (χ1) is 14.5. The normalized spacial score (nSPS) is 29.5. The van der Waals surface area contributed by atoms with E-state index in [4.69, 9.17) is 23.7 Å². The van der Waals surface area contributed by atoms with Gasteiger partial charge in [-0.3, -0.25) is 0 Å². The van der Waals surface area contributed by atoms with Crippen molar-refractivity contribution in [2.75, 3.05) is 26.9 Å². The van der Waals surface area contributed by atoms with E-state index in [1.165, 1.54) is 7.11 Å². The van der Waals surface area contributed by atoms with Crippen LogP contribution in [0.3, 0.4) is 0 Å². The molecule has 3 atom stereocenters. The Bertz CT molecular complexity index is 837. The van der Waals surface area contributed by atoms with Gasteiger partial charge in [-0.05, 0) is 24.3 Å². The van der Waals surface area contributed by atoms with Gasteiger partial charge in [-0.25, -0.2) is 9.59 Å². The van der Waals surface area contributed by atoms with Crippen molar-refractivity contribution in [3.63, 3.8) is 0 Å². The first-order valence-electron chi connectivity index (χ1n) is 9.81. The van der Waals surface area contributed by atoms with Gasteiger partial charge in [0.1, 0.15) is 5.60 Å². The van der Waals surface area contributed by atoms with Gasteiger partial charge in [-0.1, -0.05) is 36.4 Å². The zero-order valence-electron chi connectivity index (χ0n) is 16.9. The van der Waals surface area contributed by atoms with Crippen LogP contribution < -0.4 is 0 Å². The number of benzene rings is 2. The fraction of sp³-hybridized carbons (Fsp3) is 0.391. The number of methoxy groups -OCH3 is 1. The van der Waals surface area contributed by atoms with E-state index in [0.29, 0.717) is 11.1 Å². The lowest BCUT2D eigenvalue weighted by atomic mass is 10.2. The first-order valence-corrected chi connectivity index (χ1v) is 9.81. The van der Waals surface area contributed by atoms with E-state index in [-0.39, 0.29) is 31.7 Å². The molecule has 1 heterocycles. The second-order valence-electron chi connectivity index (χ2n) is 7.55. The molecule has 1 aliphatic carbocycles. The molecular weight excluding hydrogens is 388 g/mol. The molecule has 0 amide bonds. The summed E-state index contributed by atoms with van der Waals surface area (Å²) in [5.41, 5.74) is 0.229. The van der Waals surface area contributed by atoms with Crippen LogP contribution in [0.5, 0.6) is 0 Å². The molecule has 4 rings (SSSR count). The smallest absolute Gasteiger partial charge is 0.338 e. The van der Waals surface area contributed by atoms with Crippen LogP contribution >= 0.6 is 0 Å². The highest BCUT2D eigenvalue weighted by atomic mass is 16.9. The Labute approximate surface area is 174 Å². The molecule has 2 aliphatic rings. The van der Waals surface area contributed by atoms with Crippen LogP contribution in [-0.4, -0.2) is 50.4 Å². The molecule has 158 valence electrons. The van der Waals surface area contributed by atoms with Gasteiger partial charge in [0.15, 0.2) is 0 Å². The summed E-state index contributed by atoms with van der Waals surface area (Å²) in [6.07, 6.45) is 0. The van der Waals surface area contributed by atoms with Crippen LogP contribution in [0.4, 0.5) is 0 Å². The third-order valence-corrected chi connectivity index (χ3v) is 5.74. The number of hydrogen-bond acceptors (Lipinski definition) is 7. The molecule has 1 saturated carbocycles. The Hall–Kier alpha value is -2.74. The first kappa shape index (κ1) is 20.5. The Morgan fingerprint density at radius 1 is 0.900 bits per heavy atom. The molecule has 2 aromatic carbocycles. The highest BCUT2D eigenvalue weighted by Gasteiger charge is 2.72. The topological polar surface area (TPSA) is 80.3 Å². The molecule has 0 radical (unpaired) electrons. The van der Waals surface area contributed by atoms with Gasteiger partial charge in [0.2, 0.25) is 0 Å². The summed E-state index contributed by atoms with van der Waals surface area (Å²) in [7, 11) is 1.50. The van der Waals surface area contributed by atoms with Crippen molar-refractivity contribution in [1.29, 1.82) is 0 Å². The highest BCUT2D eigenvalue weighted by Crippen LogP contribution is 2.59. The van der Waals surface area contributed by atoms with Crippen LogP contribution in [0.1, 0.15) is 27.6 Å². The summed E-state index contributed by atoms with van der Waals surface area (Å²) < 4.78 is 28.1. The van der Waals surface area contributed by atoms with E-state index in [0.717, 1.165) is 0 Å². The molecule has 7 nitrogen and oxygen atoms in total. The average Bonchev–Trinajstić information content (AvgIpc) is 3.21. The predicted molar refractivity (Wildman–Crippen MR) is 106 cm³/mol. The fourth-order valence-corrected chi connectivity index (χ4v) is 3.85. The van der Waals surface area contributed by atoms with Crippen molar-refractivity contribution in [2.45, 2.75) is 18.5 Å². The summed E-state index contributed by atoms with van der Waals surface area (Å²) in [6.45, 7) is 2.20. The fourth-order valence-electron chi connectivity index (χ4n) is 3.85. The summed E-state index contributed by atoms with van der Waals surface area (Å²) in [5, 5.41) is 0. The molecule has 30 heavy (non-hydrogen) atoms. The van der Waals surface area contributed by atoms with E-state index in [9.17, 15) is 9.59 Å². The number of carbonyl (C=O) groups excluding carboxylic acids is 2. The molecule has 2 aromatic rings. The van der Waals surface area contributed by atoms with Gasteiger partial charge < -0.3 is 23.7 Å². The molecule has 0 N–H and O–H groups in total. The monoisotopic (exact) mass is 412 g/mol. The quantitative estimate of drug-likeness (QED) is 0.647. The Kier molecular flexibility index (Phi) is 5.60. The molecular formula is C23H24O7. The standard InChI is InChI=1S/C23H24O7/c1-22(26-2)29-15-23(30-22)18(13-27-20(24)16-9-5-3-6-10-16)19(23)14-28-21(25)17-11-7-4-8-12-17/h3-12,18-19H,13-15H2,1-2H3/t18-,19-,22?/m1/s1. The summed E-state index contributed by atoms with van der Waals surface area (Å²) in [6, 6.07) is 17.6. The zero-order valence-corrected chi connectivity index (χ0v) is 16.9. The molecule has 1 spiro atoms. The molecule has 2 fully saturated rings. The van der Waals surface area contributed by atoms with Crippen molar-refractivity contribution in [3.8, 4) is 0 Å². The third kappa shape index (κ3) is 3.96. The lowest BCUT2D eigenvalue weighted by Crippen LogP contribution is -2.31. The minimum atomic E-state index is -1.18. The van der Waals surface area contributed by atoms with Gasteiger partial charge in [-0.2, -0.15) is 0 Å². The SMILES string of the molecule is COC1(C)OCC2(O1)[C@H](COC(=O)c1ccccc1)[C@H]2COC(=O)c1ccccc1. The van der Waals surface area contributed by atoms with Crippen LogP contribution in [0, 0.1) is 11.8 Å². The van der Waals surface area contributed by atoms with Crippen LogP contribution in [-0.2, 0) is 23.7 Å². The number of carbonyl (C=O) groups is 2. The minimum absolute atomic E-state index is 0.129. The van der Waals surface area contributed by atoms with Crippen molar-refractivity contribution < 1.29 is 33.3 Å². The Morgan fingerprint density at radius 3 is 1.77 bits per heavy atom. The molecule has 1 saturated heterocycles. The van der Waals surface area contributed by atoms with E-state index in [1.54, 1.807) is 55.5 Å². The van der Waals surface area contributed by atoms with Gasteiger partial charge in [0.05, 0.1) is 30.9 Å². The van der Waals surface area contributed by atoms with Gasteiger partial charge >= 0.3 is 11.9 Å². The predicted octanol–water partition coefficient (Wildman–Crippen LogP) is 3.05. The van der Waals surface area contributed by atoms with E-state index < -0.39 is 23.5 Å². The largest absolute Gasteiger partial charge is 0.462 e. The minimum Gasteiger partial charge on any atom is -0.462 e. The second-order valence-corrected chi connectivity index (χ2v) is 7.55. The number of hydrogen-bond donors (Lipinski definition) is 0. The van der Waals surface area contributed by atoms with Crippen LogP contribution in [0.15, 0.2) is 60.7 Å². The van der Waals surface area contributed by atoms with Gasteiger partial charge in [0, 0.05) is 25.9 Å². The maximum atomic E-state index is 12.3. The van der Waals surface area contributed by atoms with Crippen molar-refractivity contribution >= 4 is 11.9 Å². The van der Waals surface area contributed by atoms with E-state index in [2.05, 4.69) is 0 Å². The summed E-state index contributed by atoms with van der Waals surface area (Å²) in [4.78, 5) is 24.6. The highest BCUT2D eigenvalue weighted by molar-refractivity contribution is 5.89. The number of ether oxygens (including phenoxy) is 5. The maximum absolute atomic E-state index is 12.3. The Balaban J connectivity index is 1.41. The lowest BCUT2D eigenvalue weighted by molar-refractivity contribution is -0.317. The zero-order chi connectivity index (χ0) is 21.2. The van der Waals surface area contributed by atoms with Crippen LogP contribution in [0.2, 0.25) is 0 Å². The number of esters is 2. The van der Waals surface area contributed by atoms with E-state index >= 15 is 0 Å². The molecule has 1 aliphatic heterocycles. The second kappa shape index (κ2) is 8.18. The van der Waals surface area contributed by atoms with Crippen molar-refractivity contribution in [2.24, 2.45) is 11.8 Å². The van der Waals surface area contributed by atoms with E-state index in [1.807, 2.05) is 12.1 Å². The summed E-state index contributed by atoms with van der Waals surface area (Å²) >= 11 is 0. The van der Waals surface area contributed by atoms with Gasteiger partial charge in [0.25, 0.3) is 5.97 Å².